The van der Waals surface area contributed by atoms with Crippen LogP contribution in [-0.2, 0) is 16.0 Å². The molecule has 0 unspecified atom stereocenters. The number of benzene rings is 1. The van der Waals surface area contributed by atoms with E-state index in [1.807, 2.05) is 36.1 Å². The first-order valence-corrected chi connectivity index (χ1v) is 6.28. The third-order valence-corrected chi connectivity index (χ3v) is 2.91. The van der Waals surface area contributed by atoms with E-state index < -0.39 is 0 Å². The predicted octanol–water partition coefficient (Wildman–Crippen LogP) is 1.70. The van der Waals surface area contributed by atoms with E-state index in [-0.39, 0.29) is 5.91 Å². The topological polar surface area (TPSA) is 55.6 Å². The van der Waals surface area contributed by atoms with Crippen LogP contribution in [0.5, 0.6) is 0 Å². The molecule has 0 aromatic heterocycles. The van der Waals surface area contributed by atoms with Crippen molar-refractivity contribution in [2.45, 2.75) is 19.8 Å². The molecule has 4 heteroatoms. The number of nitrogens with two attached hydrogens (primary N) is 1. The van der Waals surface area contributed by atoms with E-state index in [2.05, 4.69) is 0 Å². The highest BCUT2D eigenvalue weighted by Gasteiger charge is 2.10. The van der Waals surface area contributed by atoms with Gasteiger partial charge in [-0.3, -0.25) is 4.79 Å². The van der Waals surface area contributed by atoms with Crippen molar-refractivity contribution >= 4 is 11.6 Å². The van der Waals surface area contributed by atoms with Crippen molar-refractivity contribution in [1.82, 2.24) is 4.90 Å². The molecule has 1 amide bonds. The summed E-state index contributed by atoms with van der Waals surface area (Å²) in [4.78, 5) is 13.8. The second-order valence-electron chi connectivity index (χ2n) is 4.21. The minimum Gasteiger partial charge on any atom is -0.399 e. The van der Waals surface area contributed by atoms with Gasteiger partial charge in [-0.2, -0.15) is 0 Å². The smallest absolute Gasteiger partial charge is 0.222 e. The second-order valence-corrected chi connectivity index (χ2v) is 4.21. The van der Waals surface area contributed by atoms with E-state index in [1.165, 1.54) is 0 Å². The van der Waals surface area contributed by atoms with E-state index in [1.54, 1.807) is 7.11 Å². The molecule has 0 aliphatic heterocycles. The van der Waals surface area contributed by atoms with Crippen LogP contribution in [0.3, 0.4) is 0 Å². The van der Waals surface area contributed by atoms with Crippen molar-refractivity contribution in [2.75, 3.05) is 32.5 Å². The Hall–Kier alpha value is -1.55. The van der Waals surface area contributed by atoms with E-state index in [9.17, 15) is 4.79 Å². The predicted molar refractivity (Wildman–Crippen MR) is 73.3 cm³/mol. The van der Waals surface area contributed by atoms with E-state index >= 15 is 0 Å². The lowest BCUT2D eigenvalue weighted by Gasteiger charge is -2.20. The number of nitrogen functional groups attached to an aromatic ring is 1. The zero-order valence-corrected chi connectivity index (χ0v) is 11.2. The number of hydrogen-bond donors (Lipinski definition) is 1. The number of carbonyl (C=O) groups is 1. The third-order valence-electron chi connectivity index (χ3n) is 2.91. The van der Waals surface area contributed by atoms with Gasteiger partial charge in [-0.1, -0.05) is 12.1 Å². The first kappa shape index (κ1) is 14.5. The van der Waals surface area contributed by atoms with Crippen LogP contribution >= 0.6 is 0 Å². The average molecular weight is 250 g/mol. The number of aryl methyl sites for hydroxylation is 1. The van der Waals surface area contributed by atoms with Gasteiger partial charge in [-0.25, -0.2) is 0 Å². The van der Waals surface area contributed by atoms with Crippen LogP contribution in [0.25, 0.3) is 0 Å². The van der Waals surface area contributed by atoms with Crippen molar-refractivity contribution in [3.8, 4) is 0 Å². The molecule has 4 nitrogen and oxygen atoms in total. The molecule has 18 heavy (non-hydrogen) atoms. The monoisotopic (exact) mass is 250 g/mol. The van der Waals surface area contributed by atoms with Crippen LogP contribution in [0, 0.1) is 0 Å². The van der Waals surface area contributed by atoms with Gasteiger partial charge in [0.05, 0.1) is 6.61 Å². The number of nitrogens with zero attached hydrogens (tertiary/aromatic N) is 1. The highest BCUT2D eigenvalue weighted by Crippen LogP contribution is 2.08. The maximum absolute atomic E-state index is 12.0. The Morgan fingerprint density at radius 2 is 2.00 bits per heavy atom. The van der Waals surface area contributed by atoms with Gasteiger partial charge in [0, 0.05) is 32.3 Å². The number of amides is 1. The molecular formula is C14H22N2O2. The lowest BCUT2D eigenvalue weighted by atomic mass is 10.1. The number of likely N-dealkylation sites (N-methyl/N-ethyl adjacent to an activating group) is 1. The van der Waals surface area contributed by atoms with E-state index in [0.717, 1.165) is 24.2 Å². The lowest BCUT2D eigenvalue weighted by Crippen LogP contribution is -2.33. The van der Waals surface area contributed by atoms with Gasteiger partial charge >= 0.3 is 0 Å². The molecule has 2 N–H and O–H groups in total. The van der Waals surface area contributed by atoms with Gasteiger partial charge in [0.2, 0.25) is 5.91 Å². The van der Waals surface area contributed by atoms with Crippen molar-refractivity contribution in [1.29, 1.82) is 0 Å². The van der Waals surface area contributed by atoms with Crippen molar-refractivity contribution in [3.05, 3.63) is 29.8 Å². The average Bonchev–Trinajstić information content (AvgIpc) is 2.39. The fourth-order valence-corrected chi connectivity index (χ4v) is 1.75. The molecule has 0 fully saturated rings. The highest BCUT2D eigenvalue weighted by molar-refractivity contribution is 5.76. The van der Waals surface area contributed by atoms with E-state index in [4.69, 9.17) is 10.5 Å². The summed E-state index contributed by atoms with van der Waals surface area (Å²) < 4.78 is 4.99. The van der Waals surface area contributed by atoms with Gasteiger partial charge in [0.1, 0.15) is 0 Å². The summed E-state index contributed by atoms with van der Waals surface area (Å²) in [6.45, 7) is 3.95. The van der Waals surface area contributed by atoms with Gasteiger partial charge in [-0.05, 0) is 31.0 Å². The van der Waals surface area contributed by atoms with Crippen LogP contribution in [0.15, 0.2) is 24.3 Å². The molecule has 0 aliphatic carbocycles. The van der Waals surface area contributed by atoms with Crippen LogP contribution in [0.2, 0.25) is 0 Å². The first-order chi connectivity index (χ1) is 8.67. The molecule has 1 aromatic carbocycles. The van der Waals surface area contributed by atoms with Gasteiger partial charge in [-0.15, -0.1) is 0 Å². The summed E-state index contributed by atoms with van der Waals surface area (Å²) in [6, 6.07) is 7.66. The standard InChI is InChI=1S/C14H22N2O2/c1-3-16(10-11-18-2)14(17)9-6-12-4-7-13(15)8-5-12/h4-5,7-8H,3,6,9-11,15H2,1-2H3. The van der Waals surface area contributed by atoms with Crippen molar-refractivity contribution in [3.63, 3.8) is 0 Å². The van der Waals surface area contributed by atoms with E-state index in [0.29, 0.717) is 19.6 Å². The van der Waals surface area contributed by atoms with Crippen LogP contribution < -0.4 is 5.73 Å². The Labute approximate surface area is 109 Å². The Morgan fingerprint density at radius 3 is 2.56 bits per heavy atom. The molecule has 0 bridgehead atoms. The number of ether oxygens (including phenoxy) is 1. The fraction of sp³-hybridized carbons (Fsp3) is 0.500. The number of rotatable bonds is 7. The van der Waals surface area contributed by atoms with Crippen molar-refractivity contribution in [2.24, 2.45) is 0 Å². The van der Waals surface area contributed by atoms with Crippen LogP contribution in [-0.4, -0.2) is 37.6 Å². The Kier molecular flexibility index (Phi) is 6.22. The Bertz CT molecular complexity index is 363. The van der Waals surface area contributed by atoms with Gasteiger partial charge in [0.25, 0.3) is 0 Å². The number of anilines is 1. The minimum atomic E-state index is 0.173. The largest absolute Gasteiger partial charge is 0.399 e. The SMILES string of the molecule is CCN(CCOC)C(=O)CCc1ccc(N)cc1. The minimum absolute atomic E-state index is 0.173. The normalized spacial score (nSPS) is 10.3. The molecule has 0 saturated heterocycles. The molecule has 0 radical (unpaired) electrons. The second kappa shape index (κ2) is 7.71. The quantitative estimate of drug-likeness (QED) is 0.749. The zero-order chi connectivity index (χ0) is 13.4. The molecule has 0 aliphatic rings. The summed E-state index contributed by atoms with van der Waals surface area (Å²) in [6.07, 6.45) is 1.28. The molecule has 0 atom stereocenters. The maximum Gasteiger partial charge on any atom is 0.222 e. The molecule has 0 saturated carbocycles. The summed E-state index contributed by atoms with van der Waals surface area (Å²) in [5.74, 6) is 0.173. The summed E-state index contributed by atoms with van der Waals surface area (Å²) in [5, 5.41) is 0. The third kappa shape index (κ3) is 4.75. The zero-order valence-electron chi connectivity index (χ0n) is 11.2. The molecule has 1 aromatic rings. The molecule has 0 heterocycles. The van der Waals surface area contributed by atoms with Crippen LogP contribution in [0.1, 0.15) is 18.9 Å². The molecule has 1 rings (SSSR count). The first-order valence-electron chi connectivity index (χ1n) is 6.28. The van der Waals surface area contributed by atoms with Gasteiger partial charge in [0.15, 0.2) is 0 Å². The Balaban J connectivity index is 2.41. The highest BCUT2D eigenvalue weighted by atomic mass is 16.5. The van der Waals surface area contributed by atoms with Crippen molar-refractivity contribution < 1.29 is 9.53 Å². The molecule has 100 valence electrons. The Morgan fingerprint density at radius 1 is 1.33 bits per heavy atom. The van der Waals surface area contributed by atoms with Crippen LogP contribution in [0.4, 0.5) is 5.69 Å². The molecular weight excluding hydrogens is 228 g/mol. The summed E-state index contributed by atoms with van der Waals surface area (Å²) in [5.41, 5.74) is 7.51. The number of carbonyl (C=O) groups excluding carboxylic acids is 1. The summed E-state index contributed by atoms with van der Waals surface area (Å²) >= 11 is 0. The number of methoxy groups -OCH3 is 1. The lowest BCUT2D eigenvalue weighted by molar-refractivity contribution is -0.131. The maximum atomic E-state index is 12.0. The van der Waals surface area contributed by atoms with Gasteiger partial charge < -0.3 is 15.4 Å². The number of hydrogen-bond acceptors (Lipinski definition) is 3. The molecule has 0 spiro atoms. The fourth-order valence-electron chi connectivity index (χ4n) is 1.75. The summed E-state index contributed by atoms with van der Waals surface area (Å²) in [7, 11) is 1.65.